The van der Waals surface area contributed by atoms with Crippen molar-refractivity contribution in [1.29, 1.82) is 0 Å². The molecule has 3 heteroatoms. The minimum Gasteiger partial charge on any atom is -0.378 e. The van der Waals surface area contributed by atoms with Crippen LogP contribution in [-0.2, 0) is 0 Å². The third-order valence-electron chi connectivity index (χ3n) is 3.58. The first-order chi connectivity index (χ1) is 10.1. The van der Waals surface area contributed by atoms with E-state index >= 15 is 0 Å². The molecule has 1 N–H and O–H groups in total. The second-order valence-corrected chi connectivity index (χ2v) is 6.36. The van der Waals surface area contributed by atoms with Gasteiger partial charge in [-0.15, -0.1) is 0 Å². The van der Waals surface area contributed by atoms with E-state index in [9.17, 15) is 0 Å². The molecular formula is C18H15BrClN. The van der Waals surface area contributed by atoms with Gasteiger partial charge in [0, 0.05) is 16.2 Å². The summed E-state index contributed by atoms with van der Waals surface area (Å²) in [6.07, 6.45) is 0. The predicted molar refractivity (Wildman–Crippen MR) is 95.1 cm³/mol. The minimum absolute atomic E-state index is 0.225. The lowest BCUT2D eigenvalue weighted by molar-refractivity contribution is 0.887. The van der Waals surface area contributed by atoms with E-state index in [1.807, 2.05) is 18.2 Å². The zero-order valence-corrected chi connectivity index (χ0v) is 13.9. The van der Waals surface area contributed by atoms with Crippen LogP contribution in [0.2, 0.25) is 5.02 Å². The van der Waals surface area contributed by atoms with Crippen molar-refractivity contribution in [3.05, 3.63) is 75.7 Å². The molecule has 1 atom stereocenters. The Morgan fingerprint density at radius 1 is 0.952 bits per heavy atom. The zero-order chi connectivity index (χ0) is 14.8. The molecule has 3 aromatic carbocycles. The topological polar surface area (TPSA) is 12.0 Å². The summed E-state index contributed by atoms with van der Waals surface area (Å²) in [5.74, 6) is 0. The second kappa shape index (κ2) is 6.08. The van der Waals surface area contributed by atoms with Gasteiger partial charge in [-0.1, -0.05) is 48.0 Å². The average Bonchev–Trinajstić information content (AvgIpc) is 2.50. The van der Waals surface area contributed by atoms with Crippen LogP contribution in [0.1, 0.15) is 18.5 Å². The summed E-state index contributed by atoms with van der Waals surface area (Å²) in [6, 6.07) is 21.1. The van der Waals surface area contributed by atoms with Gasteiger partial charge in [-0.25, -0.2) is 0 Å². The monoisotopic (exact) mass is 359 g/mol. The van der Waals surface area contributed by atoms with Crippen molar-refractivity contribution >= 4 is 44.0 Å². The van der Waals surface area contributed by atoms with Crippen LogP contribution >= 0.6 is 27.5 Å². The van der Waals surface area contributed by atoms with Crippen molar-refractivity contribution in [2.45, 2.75) is 13.0 Å². The van der Waals surface area contributed by atoms with Gasteiger partial charge in [0.05, 0.1) is 5.02 Å². The quantitative estimate of drug-likeness (QED) is 0.567. The fourth-order valence-electron chi connectivity index (χ4n) is 2.40. The lowest BCUT2D eigenvalue weighted by Gasteiger charge is -2.17. The highest BCUT2D eigenvalue weighted by Gasteiger charge is 2.07. The molecule has 0 spiro atoms. The van der Waals surface area contributed by atoms with Crippen molar-refractivity contribution in [2.75, 3.05) is 5.32 Å². The zero-order valence-electron chi connectivity index (χ0n) is 11.6. The Morgan fingerprint density at radius 2 is 1.71 bits per heavy atom. The number of hydrogen-bond acceptors (Lipinski definition) is 1. The first-order valence-electron chi connectivity index (χ1n) is 6.84. The van der Waals surface area contributed by atoms with Crippen LogP contribution in [0.25, 0.3) is 10.8 Å². The Bertz CT molecular complexity index is 785. The highest BCUT2D eigenvalue weighted by molar-refractivity contribution is 9.10. The van der Waals surface area contributed by atoms with Gasteiger partial charge in [0.1, 0.15) is 0 Å². The highest BCUT2D eigenvalue weighted by atomic mass is 79.9. The second-order valence-electron chi connectivity index (χ2n) is 5.10. The molecule has 0 amide bonds. The van der Waals surface area contributed by atoms with E-state index in [-0.39, 0.29) is 6.04 Å². The SMILES string of the molecule is CC(Nc1ccc(Cl)c(Br)c1)c1ccc2ccccc2c1. The van der Waals surface area contributed by atoms with Crippen LogP contribution in [0.15, 0.2) is 65.1 Å². The van der Waals surface area contributed by atoms with Gasteiger partial charge in [0.25, 0.3) is 0 Å². The molecule has 0 radical (unpaired) electrons. The normalized spacial score (nSPS) is 12.3. The number of nitrogens with one attached hydrogen (secondary N) is 1. The third-order valence-corrected chi connectivity index (χ3v) is 4.79. The molecule has 0 bridgehead atoms. The molecule has 0 saturated heterocycles. The van der Waals surface area contributed by atoms with E-state index in [2.05, 4.69) is 70.6 Å². The molecule has 0 saturated carbocycles. The lowest BCUT2D eigenvalue weighted by atomic mass is 10.0. The summed E-state index contributed by atoms with van der Waals surface area (Å²) >= 11 is 9.48. The Hall–Kier alpha value is -1.51. The Labute approximate surface area is 138 Å². The summed E-state index contributed by atoms with van der Waals surface area (Å²) in [4.78, 5) is 0. The van der Waals surface area contributed by atoms with Crippen LogP contribution < -0.4 is 5.32 Å². The number of halogens is 2. The largest absolute Gasteiger partial charge is 0.378 e. The molecule has 0 aliphatic heterocycles. The van der Waals surface area contributed by atoms with E-state index in [0.29, 0.717) is 0 Å². The van der Waals surface area contributed by atoms with E-state index in [4.69, 9.17) is 11.6 Å². The van der Waals surface area contributed by atoms with Gasteiger partial charge in [-0.2, -0.15) is 0 Å². The van der Waals surface area contributed by atoms with Gasteiger partial charge in [0.2, 0.25) is 0 Å². The van der Waals surface area contributed by atoms with Crippen LogP contribution in [0.3, 0.4) is 0 Å². The summed E-state index contributed by atoms with van der Waals surface area (Å²) in [5, 5.41) is 6.75. The molecule has 106 valence electrons. The summed E-state index contributed by atoms with van der Waals surface area (Å²) in [6.45, 7) is 2.16. The molecule has 3 aromatic rings. The van der Waals surface area contributed by atoms with Crippen molar-refractivity contribution < 1.29 is 0 Å². The first kappa shape index (κ1) is 14.4. The molecular weight excluding hydrogens is 346 g/mol. The molecule has 0 fully saturated rings. The molecule has 0 aromatic heterocycles. The van der Waals surface area contributed by atoms with E-state index in [1.165, 1.54) is 16.3 Å². The van der Waals surface area contributed by atoms with Crippen LogP contribution in [0.5, 0.6) is 0 Å². The molecule has 1 nitrogen and oxygen atoms in total. The number of benzene rings is 3. The maximum atomic E-state index is 6.02. The molecule has 3 rings (SSSR count). The highest BCUT2D eigenvalue weighted by Crippen LogP contribution is 2.28. The van der Waals surface area contributed by atoms with Crippen molar-refractivity contribution in [3.8, 4) is 0 Å². The third kappa shape index (κ3) is 3.22. The summed E-state index contributed by atoms with van der Waals surface area (Å²) in [7, 11) is 0. The van der Waals surface area contributed by atoms with E-state index in [1.54, 1.807) is 0 Å². The Kier molecular flexibility index (Phi) is 4.18. The van der Waals surface area contributed by atoms with Crippen LogP contribution in [-0.4, -0.2) is 0 Å². The summed E-state index contributed by atoms with van der Waals surface area (Å²) < 4.78 is 0.903. The predicted octanol–water partition coefficient (Wildman–Crippen LogP) is 6.43. The number of fused-ring (bicyclic) bond motifs is 1. The van der Waals surface area contributed by atoms with Crippen molar-refractivity contribution in [2.24, 2.45) is 0 Å². The van der Waals surface area contributed by atoms with Gasteiger partial charge in [-0.3, -0.25) is 0 Å². The molecule has 0 aliphatic carbocycles. The van der Waals surface area contributed by atoms with Gasteiger partial charge in [-0.05, 0) is 63.5 Å². The van der Waals surface area contributed by atoms with Gasteiger partial charge < -0.3 is 5.32 Å². The fourth-order valence-corrected chi connectivity index (χ4v) is 2.89. The van der Waals surface area contributed by atoms with Gasteiger partial charge >= 0.3 is 0 Å². The Morgan fingerprint density at radius 3 is 2.48 bits per heavy atom. The fraction of sp³-hybridized carbons (Fsp3) is 0.111. The maximum absolute atomic E-state index is 6.02. The number of anilines is 1. The maximum Gasteiger partial charge on any atom is 0.0549 e. The first-order valence-corrected chi connectivity index (χ1v) is 8.01. The number of rotatable bonds is 3. The van der Waals surface area contributed by atoms with Crippen molar-refractivity contribution in [1.82, 2.24) is 0 Å². The lowest BCUT2D eigenvalue weighted by Crippen LogP contribution is -2.06. The summed E-state index contributed by atoms with van der Waals surface area (Å²) in [5.41, 5.74) is 2.31. The van der Waals surface area contributed by atoms with Crippen molar-refractivity contribution in [3.63, 3.8) is 0 Å². The van der Waals surface area contributed by atoms with Crippen LogP contribution in [0.4, 0.5) is 5.69 Å². The standard InChI is InChI=1S/C18H15BrClN/c1-12(21-16-8-9-18(20)17(19)11-16)14-7-6-13-4-2-3-5-15(13)10-14/h2-12,21H,1H3. The van der Waals surface area contributed by atoms with E-state index < -0.39 is 0 Å². The molecule has 0 heterocycles. The molecule has 21 heavy (non-hydrogen) atoms. The molecule has 0 aliphatic rings. The number of hydrogen-bond donors (Lipinski definition) is 1. The smallest absolute Gasteiger partial charge is 0.0549 e. The van der Waals surface area contributed by atoms with E-state index in [0.717, 1.165) is 15.2 Å². The Balaban J connectivity index is 1.85. The van der Waals surface area contributed by atoms with Crippen LogP contribution in [0, 0.1) is 0 Å². The minimum atomic E-state index is 0.225. The van der Waals surface area contributed by atoms with Gasteiger partial charge in [0.15, 0.2) is 0 Å². The average molecular weight is 361 g/mol. The molecule has 1 unspecified atom stereocenters.